The van der Waals surface area contributed by atoms with E-state index < -0.39 is 0 Å². The summed E-state index contributed by atoms with van der Waals surface area (Å²) in [7, 11) is 0. The molecule has 0 aromatic carbocycles. The van der Waals surface area contributed by atoms with Crippen LogP contribution in [0.3, 0.4) is 0 Å². The Bertz CT molecular complexity index is 181. The lowest BCUT2D eigenvalue weighted by molar-refractivity contribution is -0.137. The van der Waals surface area contributed by atoms with Crippen LogP contribution >= 0.6 is 0 Å². The van der Waals surface area contributed by atoms with Gasteiger partial charge in [0, 0.05) is 13.1 Å². The smallest absolute Gasteiger partial charge is 0.334 e. The lowest BCUT2D eigenvalue weighted by atomic mass is 10.3. The van der Waals surface area contributed by atoms with E-state index in [1.54, 1.807) is 6.92 Å². The van der Waals surface area contributed by atoms with E-state index in [4.69, 9.17) is 4.74 Å². The van der Waals surface area contributed by atoms with E-state index in [0.29, 0.717) is 6.61 Å². The van der Waals surface area contributed by atoms with Gasteiger partial charge in [-0.2, -0.15) is 0 Å². The Kier molecular flexibility index (Phi) is 3.44. The van der Waals surface area contributed by atoms with Crippen LogP contribution < -0.4 is 10.6 Å². The van der Waals surface area contributed by atoms with Crippen LogP contribution in [0.5, 0.6) is 0 Å². The molecule has 4 heteroatoms. The molecule has 0 aromatic rings. The molecule has 0 aromatic heterocycles. The van der Waals surface area contributed by atoms with Crippen LogP contribution in [0.15, 0.2) is 11.9 Å². The third-order valence-corrected chi connectivity index (χ3v) is 1.53. The molecule has 0 unspecified atom stereocenters. The summed E-state index contributed by atoms with van der Waals surface area (Å²) in [6.45, 7) is 4.04. The summed E-state index contributed by atoms with van der Waals surface area (Å²) >= 11 is 0. The predicted molar refractivity (Wildman–Crippen MR) is 45.3 cm³/mol. The predicted octanol–water partition coefficient (Wildman–Crippen LogP) is -0.0262. The van der Waals surface area contributed by atoms with Crippen molar-refractivity contribution in [1.82, 2.24) is 10.6 Å². The van der Waals surface area contributed by atoms with Crippen molar-refractivity contribution in [3.8, 4) is 0 Å². The average molecular weight is 170 g/mol. The van der Waals surface area contributed by atoms with Crippen LogP contribution in [0.25, 0.3) is 0 Å². The maximum absolute atomic E-state index is 10.9. The van der Waals surface area contributed by atoms with E-state index in [-0.39, 0.29) is 5.97 Å². The summed E-state index contributed by atoms with van der Waals surface area (Å²) < 4.78 is 4.75. The van der Waals surface area contributed by atoms with Crippen molar-refractivity contribution in [2.24, 2.45) is 0 Å². The molecule has 1 heterocycles. The lowest BCUT2D eigenvalue weighted by Gasteiger charge is -2.18. The number of carbonyl (C=O) groups excluding carboxylic acids is 1. The Hall–Kier alpha value is -1.19. The molecular weight excluding hydrogens is 156 g/mol. The first-order valence-corrected chi connectivity index (χ1v) is 4.19. The van der Waals surface area contributed by atoms with Gasteiger partial charge in [0.2, 0.25) is 0 Å². The van der Waals surface area contributed by atoms with E-state index in [9.17, 15) is 4.79 Å². The minimum atomic E-state index is -0.297. The molecule has 1 saturated heterocycles. The van der Waals surface area contributed by atoms with Gasteiger partial charge in [0.25, 0.3) is 0 Å². The molecule has 1 aliphatic rings. The van der Waals surface area contributed by atoms with Crippen LogP contribution in [0.1, 0.15) is 13.3 Å². The highest BCUT2D eigenvalue weighted by atomic mass is 16.5. The van der Waals surface area contributed by atoms with Crippen molar-refractivity contribution in [3.05, 3.63) is 11.9 Å². The van der Waals surface area contributed by atoms with Gasteiger partial charge in [0.1, 0.15) is 5.82 Å². The molecule has 0 bridgehead atoms. The molecular formula is C8H14N2O2. The number of carbonyl (C=O) groups is 1. The quantitative estimate of drug-likeness (QED) is 0.451. The summed E-state index contributed by atoms with van der Waals surface area (Å²) in [6, 6.07) is 0. The Balaban J connectivity index is 2.37. The molecule has 1 rings (SSSR count). The minimum absolute atomic E-state index is 0.297. The number of nitrogens with one attached hydrogen (secondary N) is 2. The molecule has 0 aliphatic carbocycles. The Labute approximate surface area is 72.0 Å². The Morgan fingerprint density at radius 2 is 2.25 bits per heavy atom. The van der Waals surface area contributed by atoms with Crippen molar-refractivity contribution in [1.29, 1.82) is 0 Å². The lowest BCUT2D eigenvalue weighted by Crippen LogP contribution is -2.35. The second-order valence-corrected chi connectivity index (χ2v) is 2.52. The molecule has 1 fully saturated rings. The normalized spacial score (nSPS) is 15.9. The van der Waals surface area contributed by atoms with Gasteiger partial charge >= 0.3 is 5.97 Å². The van der Waals surface area contributed by atoms with Crippen LogP contribution in [0.4, 0.5) is 0 Å². The van der Waals surface area contributed by atoms with Crippen molar-refractivity contribution in [2.75, 3.05) is 19.7 Å². The molecule has 0 spiro atoms. The van der Waals surface area contributed by atoms with Gasteiger partial charge in [0.15, 0.2) is 0 Å². The van der Waals surface area contributed by atoms with E-state index in [1.165, 1.54) is 6.08 Å². The second kappa shape index (κ2) is 4.64. The van der Waals surface area contributed by atoms with Crippen LogP contribution in [0, 0.1) is 0 Å². The zero-order valence-electron chi connectivity index (χ0n) is 7.22. The van der Waals surface area contributed by atoms with Crippen molar-refractivity contribution < 1.29 is 9.53 Å². The molecule has 0 atom stereocenters. The first-order valence-electron chi connectivity index (χ1n) is 4.19. The number of hydrogen-bond acceptors (Lipinski definition) is 4. The molecule has 0 amide bonds. The van der Waals surface area contributed by atoms with Crippen molar-refractivity contribution in [3.63, 3.8) is 0 Å². The summed E-state index contributed by atoms with van der Waals surface area (Å²) in [5.41, 5.74) is 0. The zero-order chi connectivity index (χ0) is 8.81. The van der Waals surface area contributed by atoms with Gasteiger partial charge < -0.3 is 15.4 Å². The SMILES string of the molecule is CCOC(=O)C=C1NCCCN1. The molecule has 0 radical (unpaired) electrons. The van der Waals surface area contributed by atoms with Crippen LogP contribution in [0.2, 0.25) is 0 Å². The molecule has 1 aliphatic heterocycles. The molecule has 0 saturated carbocycles. The number of esters is 1. The minimum Gasteiger partial charge on any atom is -0.463 e. The van der Waals surface area contributed by atoms with Gasteiger partial charge in [-0.15, -0.1) is 0 Å². The topological polar surface area (TPSA) is 50.4 Å². The van der Waals surface area contributed by atoms with Crippen LogP contribution in [-0.2, 0) is 9.53 Å². The highest BCUT2D eigenvalue weighted by molar-refractivity contribution is 5.82. The third kappa shape index (κ3) is 2.82. The van der Waals surface area contributed by atoms with Crippen LogP contribution in [-0.4, -0.2) is 25.7 Å². The molecule has 2 N–H and O–H groups in total. The maximum atomic E-state index is 10.9. The number of hydrogen-bond donors (Lipinski definition) is 2. The maximum Gasteiger partial charge on any atom is 0.334 e. The van der Waals surface area contributed by atoms with Crippen molar-refractivity contribution >= 4 is 5.97 Å². The number of rotatable bonds is 2. The molecule has 68 valence electrons. The van der Waals surface area contributed by atoms with Gasteiger partial charge in [-0.1, -0.05) is 0 Å². The number of ether oxygens (including phenoxy) is 1. The third-order valence-electron chi connectivity index (χ3n) is 1.53. The van der Waals surface area contributed by atoms with E-state index >= 15 is 0 Å². The van der Waals surface area contributed by atoms with E-state index in [0.717, 1.165) is 25.3 Å². The first-order chi connectivity index (χ1) is 5.83. The average Bonchev–Trinajstić information content (AvgIpc) is 2.06. The van der Waals surface area contributed by atoms with Gasteiger partial charge in [-0.05, 0) is 13.3 Å². The Morgan fingerprint density at radius 3 is 2.83 bits per heavy atom. The van der Waals surface area contributed by atoms with Gasteiger partial charge in [0.05, 0.1) is 12.7 Å². The summed E-state index contributed by atoms with van der Waals surface area (Å²) in [5.74, 6) is 0.467. The molecule has 4 nitrogen and oxygen atoms in total. The Morgan fingerprint density at radius 1 is 1.58 bits per heavy atom. The second-order valence-electron chi connectivity index (χ2n) is 2.52. The summed E-state index contributed by atoms with van der Waals surface area (Å²) in [4.78, 5) is 10.9. The summed E-state index contributed by atoms with van der Waals surface area (Å²) in [5, 5.41) is 6.12. The van der Waals surface area contributed by atoms with Gasteiger partial charge in [-0.25, -0.2) is 4.79 Å². The highest BCUT2D eigenvalue weighted by Crippen LogP contribution is 1.93. The fourth-order valence-electron chi connectivity index (χ4n) is 1.00. The zero-order valence-corrected chi connectivity index (χ0v) is 7.22. The van der Waals surface area contributed by atoms with Crippen molar-refractivity contribution in [2.45, 2.75) is 13.3 Å². The monoisotopic (exact) mass is 170 g/mol. The summed E-state index contributed by atoms with van der Waals surface area (Å²) in [6.07, 6.45) is 2.53. The standard InChI is InChI=1S/C8H14N2O2/c1-2-12-8(11)6-7-9-4-3-5-10-7/h6,9-10H,2-5H2,1H3. The fourth-order valence-corrected chi connectivity index (χ4v) is 1.00. The van der Waals surface area contributed by atoms with E-state index in [2.05, 4.69) is 10.6 Å². The van der Waals surface area contributed by atoms with E-state index in [1.807, 2.05) is 0 Å². The molecule has 12 heavy (non-hydrogen) atoms. The van der Waals surface area contributed by atoms with Gasteiger partial charge in [-0.3, -0.25) is 0 Å². The largest absolute Gasteiger partial charge is 0.463 e. The fraction of sp³-hybridized carbons (Fsp3) is 0.625. The first kappa shape index (κ1) is 8.90. The highest BCUT2D eigenvalue weighted by Gasteiger charge is 2.04.